The maximum Gasteiger partial charge on any atom is 0.0349 e. The van der Waals surface area contributed by atoms with E-state index in [9.17, 15) is 0 Å². The van der Waals surface area contributed by atoms with Crippen LogP contribution in [0.1, 0.15) is 12.0 Å². The predicted molar refractivity (Wildman–Crippen MR) is 71.9 cm³/mol. The molecule has 0 N–H and O–H groups in total. The second kappa shape index (κ2) is 4.04. The number of hydrogen-bond donors (Lipinski definition) is 0. The summed E-state index contributed by atoms with van der Waals surface area (Å²) in [6.07, 6.45) is 3.55. The molecule has 0 bridgehead atoms. The Kier molecular flexibility index (Phi) is 2.54. The second-order valence-corrected chi connectivity index (χ2v) is 5.30. The largest absolute Gasteiger partial charge is 0.302 e. The number of thiophene rings is 1. The lowest BCUT2D eigenvalue weighted by Crippen LogP contribution is -2.23. The molecule has 3 rings (SSSR count). The Morgan fingerprint density at radius 3 is 2.94 bits per heavy atom. The molecule has 16 heavy (non-hydrogen) atoms. The van der Waals surface area contributed by atoms with E-state index in [-0.39, 0.29) is 0 Å². The zero-order chi connectivity index (χ0) is 11.0. The van der Waals surface area contributed by atoms with Gasteiger partial charge in [-0.25, -0.2) is 0 Å². The summed E-state index contributed by atoms with van der Waals surface area (Å²) in [6, 6.07) is 8.69. The van der Waals surface area contributed by atoms with E-state index in [4.69, 9.17) is 0 Å². The van der Waals surface area contributed by atoms with Crippen LogP contribution in [0.25, 0.3) is 15.7 Å². The highest BCUT2D eigenvalue weighted by atomic mass is 32.1. The van der Waals surface area contributed by atoms with Gasteiger partial charge in [-0.05, 0) is 41.4 Å². The average Bonchev–Trinajstić information content (AvgIpc) is 2.74. The van der Waals surface area contributed by atoms with Gasteiger partial charge in [0.15, 0.2) is 0 Å². The van der Waals surface area contributed by atoms with Crippen molar-refractivity contribution in [3.63, 3.8) is 0 Å². The molecule has 1 aromatic carbocycles. The number of rotatable bonds is 1. The highest BCUT2D eigenvalue weighted by molar-refractivity contribution is 7.17. The number of benzene rings is 1. The third-order valence-corrected chi connectivity index (χ3v) is 4.20. The van der Waals surface area contributed by atoms with E-state index >= 15 is 0 Å². The van der Waals surface area contributed by atoms with Crippen LogP contribution in [0.4, 0.5) is 0 Å². The third kappa shape index (κ3) is 1.68. The van der Waals surface area contributed by atoms with E-state index in [1.807, 2.05) is 11.3 Å². The molecule has 1 aromatic heterocycles. The molecule has 0 saturated carbocycles. The van der Waals surface area contributed by atoms with E-state index in [2.05, 4.69) is 47.7 Å². The molecule has 0 amide bonds. The van der Waals surface area contributed by atoms with Crippen LogP contribution < -0.4 is 0 Å². The van der Waals surface area contributed by atoms with Crippen molar-refractivity contribution < 1.29 is 0 Å². The van der Waals surface area contributed by atoms with Gasteiger partial charge >= 0.3 is 0 Å². The summed E-state index contributed by atoms with van der Waals surface area (Å²) in [5.41, 5.74) is 2.98. The van der Waals surface area contributed by atoms with Gasteiger partial charge in [0, 0.05) is 17.8 Å². The highest BCUT2D eigenvalue weighted by Crippen LogP contribution is 2.33. The van der Waals surface area contributed by atoms with Gasteiger partial charge in [-0.15, -0.1) is 11.3 Å². The summed E-state index contributed by atoms with van der Waals surface area (Å²) in [5.74, 6) is 0. The van der Waals surface area contributed by atoms with Crippen LogP contribution in [0.2, 0.25) is 0 Å². The van der Waals surface area contributed by atoms with Gasteiger partial charge in [0.25, 0.3) is 0 Å². The van der Waals surface area contributed by atoms with Crippen LogP contribution in [-0.2, 0) is 0 Å². The van der Waals surface area contributed by atoms with Crippen LogP contribution in [0.3, 0.4) is 0 Å². The second-order valence-electron chi connectivity index (χ2n) is 4.39. The molecule has 1 aliphatic heterocycles. The van der Waals surface area contributed by atoms with Crippen molar-refractivity contribution in [3.05, 3.63) is 41.3 Å². The van der Waals surface area contributed by atoms with Crippen molar-refractivity contribution in [1.82, 2.24) is 4.90 Å². The monoisotopic (exact) mass is 229 g/mol. The Labute approximate surface area is 100 Å². The highest BCUT2D eigenvalue weighted by Gasteiger charge is 2.12. The van der Waals surface area contributed by atoms with Crippen LogP contribution in [0, 0.1) is 0 Å². The van der Waals surface area contributed by atoms with Gasteiger partial charge < -0.3 is 4.90 Å². The van der Waals surface area contributed by atoms with Gasteiger partial charge in [-0.2, -0.15) is 0 Å². The van der Waals surface area contributed by atoms with Crippen molar-refractivity contribution in [2.24, 2.45) is 0 Å². The minimum atomic E-state index is 1.08. The lowest BCUT2D eigenvalue weighted by Gasteiger charge is -2.21. The Bertz CT molecular complexity index is 538. The fourth-order valence-corrected chi connectivity index (χ4v) is 3.23. The first-order chi connectivity index (χ1) is 7.84. The molecule has 0 saturated heterocycles. The van der Waals surface area contributed by atoms with Crippen LogP contribution >= 0.6 is 11.3 Å². The SMILES string of the molecule is CN1CC=C(c2csc3ccccc23)CC1. The summed E-state index contributed by atoms with van der Waals surface area (Å²) in [4.78, 5) is 2.36. The molecule has 1 nitrogen and oxygen atoms in total. The van der Waals surface area contributed by atoms with E-state index in [1.165, 1.54) is 34.2 Å². The summed E-state index contributed by atoms with van der Waals surface area (Å²) in [5, 5.41) is 3.73. The molecular formula is C14H15NS. The van der Waals surface area contributed by atoms with Crippen molar-refractivity contribution in [2.45, 2.75) is 6.42 Å². The molecule has 2 aromatic rings. The van der Waals surface area contributed by atoms with E-state index in [1.54, 1.807) is 0 Å². The molecule has 2 heteroatoms. The average molecular weight is 229 g/mol. The summed E-state index contributed by atoms with van der Waals surface area (Å²) in [7, 11) is 2.18. The topological polar surface area (TPSA) is 3.24 Å². The molecule has 0 fully saturated rings. The first-order valence-electron chi connectivity index (χ1n) is 5.69. The maximum absolute atomic E-state index is 2.37. The van der Waals surface area contributed by atoms with Crippen LogP contribution in [-0.4, -0.2) is 25.0 Å². The lowest BCUT2D eigenvalue weighted by atomic mass is 9.99. The Morgan fingerprint density at radius 1 is 1.25 bits per heavy atom. The molecule has 0 aliphatic carbocycles. The van der Waals surface area contributed by atoms with Gasteiger partial charge in [-0.1, -0.05) is 24.3 Å². The number of likely N-dealkylation sites (N-methyl/N-ethyl adjacent to an activating group) is 1. The van der Waals surface area contributed by atoms with Gasteiger partial charge in [0.05, 0.1) is 0 Å². The molecule has 0 radical (unpaired) electrons. The number of fused-ring (bicyclic) bond motifs is 1. The number of hydrogen-bond acceptors (Lipinski definition) is 2. The lowest BCUT2D eigenvalue weighted by molar-refractivity contribution is 0.370. The minimum Gasteiger partial charge on any atom is -0.302 e. The van der Waals surface area contributed by atoms with Crippen LogP contribution in [0.15, 0.2) is 35.7 Å². The Hall–Kier alpha value is -1.12. The van der Waals surface area contributed by atoms with E-state index in [0.717, 1.165) is 6.54 Å². The molecule has 2 heterocycles. The van der Waals surface area contributed by atoms with Gasteiger partial charge in [0.1, 0.15) is 0 Å². The van der Waals surface area contributed by atoms with Gasteiger partial charge in [-0.3, -0.25) is 0 Å². The maximum atomic E-state index is 2.37. The predicted octanol–water partition coefficient (Wildman–Crippen LogP) is 3.62. The van der Waals surface area contributed by atoms with Crippen molar-refractivity contribution >= 4 is 27.0 Å². The normalized spacial score (nSPS) is 17.7. The fraction of sp³-hybridized carbons (Fsp3) is 0.286. The van der Waals surface area contributed by atoms with E-state index in [0.29, 0.717) is 0 Å². The molecular weight excluding hydrogens is 214 g/mol. The third-order valence-electron chi connectivity index (χ3n) is 3.24. The summed E-state index contributed by atoms with van der Waals surface area (Å²) in [6.45, 7) is 2.26. The molecule has 0 spiro atoms. The fourth-order valence-electron chi connectivity index (χ4n) is 2.24. The smallest absolute Gasteiger partial charge is 0.0349 e. The summed E-state index contributed by atoms with van der Waals surface area (Å²) < 4.78 is 1.40. The van der Waals surface area contributed by atoms with E-state index < -0.39 is 0 Å². The Morgan fingerprint density at radius 2 is 2.12 bits per heavy atom. The molecule has 1 aliphatic rings. The van der Waals surface area contributed by atoms with Crippen molar-refractivity contribution in [3.8, 4) is 0 Å². The van der Waals surface area contributed by atoms with Crippen molar-refractivity contribution in [2.75, 3.05) is 20.1 Å². The van der Waals surface area contributed by atoms with Crippen molar-refractivity contribution in [1.29, 1.82) is 0 Å². The zero-order valence-corrected chi connectivity index (χ0v) is 10.3. The standard InChI is InChI=1S/C14H15NS/c1-15-8-6-11(7-9-15)13-10-16-14-5-3-2-4-12(13)14/h2-6,10H,7-9H2,1H3. The van der Waals surface area contributed by atoms with Gasteiger partial charge in [0.2, 0.25) is 0 Å². The molecule has 0 atom stereocenters. The molecule has 82 valence electrons. The first-order valence-corrected chi connectivity index (χ1v) is 6.57. The zero-order valence-electron chi connectivity index (χ0n) is 9.44. The summed E-state index contributed by atoms with van der Waals surface area (Å²) >= 11 is 1.85. The first kappa shape index (κ1) is 10.1. The van der Waals surface area contributed by atoms with Crippen LogP contribution in [0.5, 0.6) is 0 Å². The minimum absolute atomic E-state index is 1.08. The number of nitrogens with zero attached hydrogens (tertiary/aromatic N) is 1. The Balaban J connectivity index is 2.06. The quantitative estimate of drug-likeness (QED) is 0.722. The molecule has 0 unspecified atom stereocenters.